The zero-order valence-electron chi connectivity index (χ0n) is 17.0. The van der Waals surface area contributed by atoms with Crippen LogP contribution in [0, 0.1) is 0 Å². The first-order chi connectivity index (χ1) is 14.2. The van der Waals surface area contributed by atoms with E-state index in [-0.39, 0.29) is 18.1 Å². The topological polar surface area (TPSA) is 85.8 Å². The van der Waals surface area contributed by atoms with Crippen molar-refractivity contribution in [2.75, 3.05) is 32.1 Å². The molecular weight excluding hydrogens is 372 g/mol. The first-order valence-corrected chi connectivity index (χ1v) is 10.0. The standard InChI is InChI=1S/C21H28N4O4/c1-3-4-14-28-17-9-7-16(8-10-17)23-21(26)25-13-5-6-18(15-25)29-19-11-12-22-20(24-19)27-2/h7-12,18H,3-6,13-15H2,1-2H3,(H,23,26). The van der Waals surface area contributed by atoms with E-state index in [2.05, 4.69) is 22.2 Å². The Labute approximate surface area is 171 Å². The van der Waals surface area contributed by atoms with Crippen molar-refractivity contribution in [3.63, 3.8) is 0 Å². The third-order valence-corrected chi connectivity index (χ3v) is 4.62. The fourth-order valence-corrected chi connectivity index (χ4v) is 3.05. The van der Waals surface area contributed by atoms with Crippen LogP contribution >= 0.6 is 0 Å². The Morgan fingerprint density at radius 2 is 2.10 bits per heavy atom. The second-order valence-electron chi connectivity index (χ2n) is 6.87. The van der Waals surface area contributed by atoms with Crippen LogP contribution < -0.4 is 19.5 Å². The summed E-state index contributed by atoms with van der Waals surface area (Å²) in [6.07, 6.45) is 5.32. The van der Waals surface area contributed by atoms with Crippen LogP contribution in [0.5, 0.6) is 17.6 Å². The van der Waals surface area contributed by atoms with Crippen LogP contribution in [-0.2, 0) is 0 Å². The van der Waals surface area contributed by atoms with Crippen molar-refractivity contribution in [2.24, 2.45) is 0 Å². The predicted octanol–water partition coefficient (Wildman–Crippen LogP) is 3.74. The number of nitrogens with one attached hydrogen (secondary N) is 1. The van der Waals surface area contributed by atoms with Gasteiger partial charge in [0.2, 0.25) is 5.88 Å². The van der Waals surface area contributed by atoms with Gasteiger partial charge in [0.05, 0.1) is 20.3 Å². The number of amides is 2. The van der Waals surface area contributed by atoms with Crippen LogP contribution in [0.25, 0.3) is 0 Å². The van der Waals surface area contributed by atoms with E-state index in [1.165, 1.54) is 7.11 Å². The molecule has 156 valence electrons. The van der Waals surface area contributed by atoms with Gasteiger partial charge in [-0.05, 0) is 43.5 Å². The van der Waals surface area contributed by atoms with Gasteiger partial charge in [-0.2, -0.15) is 4.98 Å². The molecule has 29 heavy (non-hydrogen) atoms. The Balaban J connectivity index is 1.51. The smallest absolute Gasteiger partial charge is 0.321 e. The van der Waals surface area contributed by atoms with Crippen molar-refractivity contribution in [2.45, 2.75) is 38.7 Å². The summed E-state index contributed by atoms with van der Waals surface area (Å²) in [6.45, 7) is 4.02. The van der Waals surface area contributed by atoms with E-state index in [1.54, 1.807) is 17.2 Å². The normalized spacial score (nSPS) is 16.2. The third-order valence-electron chi connectivity index (χ3n) is 4.62. The Morgan fingerprint density at radius 3 is 2.86 bits per heavy atom. The highest BCUT2D eigenvalue weighted by Gasteiger charge is 2.25. The van der Waals surface area contributed by atoms with Gasteiger partial charge in [0.25, 0.3) is 0 Å². The fourth-order valence-electron chi connectivity index (χ4n) is 3.05. The number of aromatic nitrogens is 2. The summed E-state index contributed by atoms with van der Waals surface area (Å²) in [5, 5.41) is 2.94. The lowest BCUT2D eigenvalue weighted by molar-refractivity contribution is 0.102. The second kappa shape index (κ2) is 10.5. The van der Waals surface area contributed by atoms with Crippen LogP contribution in [0.4, 0.5) is 10.5 Å². The zero-order chi connectivity index (χ0) is 20.5. The van der Waals surface area contributed by atoms with E-state index in [1.807, 2.05) is 24.3 Å². The summed E-state index contributed by atoms with van der Waals surface area (Å²) in [4.78, 5) is 22.5. The number of carbonyl (C=O) groups is 1. The molecule has 1 fully saturated rings. The minimum Gasteiger partial charge on any atom is -0.494 e. The molecule has 8 nitrogen and oxygen atoms in total. The number of hydrogen-bond acceptors (Lipinski definition) is 6. The van der Waals surface area contributed by atoms with Gasteiger partial charge in [-0.15, -0.1) is 0 Å². The number of carbonyl (C=O) groups excluding carboxylic acids is 1. The Kier molecular flexibility index (Phi) is 7.49. The van der Waals surface area contributed by atoms with E-state index in [0.717, 1.165) is 37.1 Å². The minimum atomic E-state index is -0.141. The molecular formula is C21H28N4O4. The second-order valence-corrected chi connectivity index (χ2v) is 6.87. The quantitative estimate of drug-likeness (QED) is 0.680. The Morgan fingerprint density at radius 1 is 1.28 bits per heavy atom. The molecule has 0 spiro atoms. The molecule has 2 amide bonds. The Hall–Kier alpha value is -3.03. The average molecular weight is 400 g/mol. The molecule has 2 aromatic rings. The molecule has 3 rings (SSSR count). The van der Waals surface area contributed by atoms with E-state index in [0.29, 0.717) is 25.6 Å². The summed E-state index contributed by atoms with van der Waals surface area (Å²) in [6, 6.07) is 9.25. The molecule has 2 heterocycles. The number of nitrogens with zero attached hydrogens (tertiary/aromatic N) is 3. The monoisotopic (exact) mass is 400 g/mol. The molecule has 1 aliphatic rings. The zero-order valence-corrected chi connectivity index (χ0v) is 17.0. The van der Waals surface area contributed by atoms with Crippen LogP contribution in [0.3, 0.4) is 0 Å². The van der Waals surface area contributed by atoms with Crippen molar-refractivity contribution in [3.8, 4) is 17.6 Å². The van der Waals surface area contributed by atoms with Gasteiger partial charge in [-0.3, -0.25) is 0 Å². The maximum Gasteiger partial charge on any atom is 0.321 e. The highest BCUT2D eigenvalue weighted by atomic mass is 16.5. The molecule has 0 bridgehead atoms. The summed E-state index contributed by atoms with van der Waals surface area (Å²) in [7, 11) is 1.51. The van der Waals surface area contributed by atoms with Crippen molar-refractivity contribution in [3.05, 3.63) is 36.5 Å². The van der Waals surface area contributed by atoms with Gasteiger partial charge >= 0.3 is 12.0 Å². The first kappa shape index (κ1) is 20.7. The van der Waals surface area contributed by atoms with Gasteiger partial charge in [-0.25, -0.2) is 9.78 Å². The van der Waals surface area contributed by atoms with E-state index in [9.17, 15) is 4.79 Å². The molecule has 8 heteroatoms. The van der Waals surface area contributed by atoms with E-state index >= 15 is 0 Å². The maximum absolute atomic E-state index is 12.6. The number of hydrogen-bond donors (Lipinski definition) is 1. The van der Waals surface area contributed by atoms with Gasteiger partial charge in [0.1, 0.15) is 11.9 Å². The lowest BCUT2D eigenvalue weighted by Crippen LogP contribution is -2.46. The first-order valence-electron chi connectivity index (χ1n) is 10.0. The summed E-state index contributed by atoms with van der Waals surface area (Å²) in [5.41, 5.74) is 0.737. The highest BCUT2D eigenvalue weighted by Crippen LogP contribution is 2.20. The van der Waals surface area contributed by atoms with Crippen LogP contribution in [0.2, 0.25) is 0 Å². The largest absolute Gasteiger partial charge is 0.494 e. The number of likely N-dealkylation sites (tertiary alicyclic amines) is 1. The van der Waals surface area contributed by atoms with E-state index < -0.39 is 0 Å². The van der Waals surface area contributed by atoms with Crippen LogP contribution in [0.1, 0.15) is 32.6 Å². The van der Waals surface area contributed by atoms with Crippen LogP contribution in [-0.4, -0.2) is 53.8 Å². The minimum absolute atomic E-state index is 0.122. The van der Waals surface area contributed by atoms with Crippen molar-refractivity contribution in [1.82, 2.24) is 14.9 Å². The number of methoxy groups -OCH3 is 1. The molecule has 1 N–H and O–H groups in total. The molecule has 1 aromatic carbocycles. The summed E-state index contributed by atoms with van der Waals surface area (Å²) in [5.74, 6) is 1.26. The van der Waals surface area contributed by atoms with Crippen molar-refractivity contribution in [1.29, 1.82) is 0 Å². The molecule has 0 saturated carbocycles. The molecule has 0 radical (unpaired) electrons. The van der Waals surface area contributed by atoms with Crippen LogP contribution in [0.15, 0.2) is 36.5 Å². The van der Waals surface area contributed by atoms with Gasteiger partial charge < -0.3 is 24.4 Å². The summed E-state index contributed by atoms with van der Waals surface area (Å²) < 4.78 is 16.6. The van der Waals surface area contributed by atoms with E-state index in [4.69, 9.17) is 14.2 Å². The number of ether oxygens (including phenoxy) is 3. The number of rotatable bonds is 8. The molecule has 1 aliphatic heterocycles. The number of anilines is 1. The number of benzene rings is 1. The van der Waals surface area contributed by atoms with Gasteiger partial charge in [0, 0.05) is 24.5 Å². The average Bonchev–Trinajstić information content (AvgIpc) is 2.75. The molecule has 0 aliphatic carbocycles. The molecule has 1 aromatic heterocycles. The third kappa shape index (κ3) is 6.23. The molecule has 1 unspecified atom stereocenters. The Bertz CT molecular complexity index is 785. The fraction of sp³-hybridized carbons (Fsp3) is 0.476. The molecule has 1 saturated heterocycles. The molecule has 1 atom stereocenters. The van der Waals surface area contributed by atoms with Gasteiger partial charge in [0.15, 0.2) is 0 Å². The lowest BCUT2D eigenvalue weighted by Gasteiger charge is -2.32. The number of piperidine rings is 1. The van der Waals surface area contributed by atoms with Gasteiger partial charge in [-0.1, -0.05) is 13.3 Å². The lowest BCUT2D eigenvalue weighted by atomic mass is 10.1. The summed E-state index contributed by atoms with van der Waals surface area (Å²) >= 11 is 0. The predicted molar refractivity (Wildman–Crippen MR) is 110 cm³/mol. The van der Waals surface area contributed by atoms with Crippen molar-refractivity contribution < 1.29 is 19.0 Å². The number of urea groups is 1. The highest BCUT2D eigenvalue weighted by molar-refractivity contribution is 5.89. The SMILES string of the molecule is CCCCOc1ccc(NC(=O)N2CCCC(Oc3ccnc(OC)n3)C2)cc1. The maximum atomic E-state index is 12.6. The van der Waals surface area contributed by atoms with Crippen molar-refractivity contribution >= 4 is 11.7 Å². The number of unbranched alkanes of at least 4 members (excludes halogenated alkanes) is 1.